The number of aromatic nitrogens is 1. The molecule has 14 heavy (non-hydrogen) atoms. The Hall–Kier alpha value is -1.33. The van der Waals surface area contributed by atoms with E-state index in [4.69, 9.17) is 23.2 Å². The maximum atomic E-state index is 10.3. The lowest BCUT2D eigenvalue weighted by Gasteiger charge is -2.00. The topological polar surface area (TPSA) is 65.5 Å². The van der Waals surface area contributed by atoms with Gasteiger partial charge in [0.05, 0.1) is 0 Å². The summed E-state index contributed by atoms with van der Waals surface area (Å²) in [4.78, 5) is 24.2. The Kier molecular flexibility index (Phi) is 3.67. The van der Waals surface area contributed by atoms with Gasteiger partial charge in [0.1, 0.15) is 0 Å². The molecular formula is C7H3Cl2NO4. The zero-order chi connectivity index (χ0) is 10.6. The smallest absolute Gasteiger partial charge is 0.395 e. The van der Waals surface area contributed by atoms with E-state index in [1.807, 2.05) is 0 Å². The molecule has 0 unspecified atom stereocenters. The molecule has 0 aliphatic carbocycles. The molecule has 1 rings (SSSR count). The first-order valence-electron chi connectivity index (χ1n) is 3.29. The Morgan fingerprint density at radius 3 is 1.86 bits per heavy atom. The molecule has 5 nitrogen and oxygen atoms in total. The van der Waals surface area contributed by atoms with Gasteiger partial charge >= 0.3 is 10.9 Å². The molecule has 7 heteroatoms. The van der Waals surface area contributed by atoms with Crippen LogP contribution < -0.4 is 9.47 Å². The zero-order valence-electron chi connectivity index (χ0n) is 6.57. The molecule has 0 bridgehead atoms. The molecule has 0 saturated carbocycles. The number of carbonyl (C=O) groups is 2. The van der Waals surface area contributed by atoms with Crippen molar-refractivity contribution >= 4 is 34.1 Å². The minimum Gasteiger partial charge on any atom is -0.395 e. The molecule has 0 aromatic carbocycles. The summed E-state index contributed by atoms with van der Waals surface area (Å²) in [6, 6.07) is 4.19. The molecular weight excluding hydrogens is 233 g/mol. The van der Waals surface area contributed by atoms with E-state index in [0.29, 0.717) is 0 Å². The van der Waals surface area contributed by atoms with Crippen molar-refractivity contribution in [2.24, 2.45) is 0 Å². The highest BCUT2D eigenvalue weighted by molar-refractivity contribution is 6.61. The maximum Gasteiger partial charge on any atom is 0.410 e. The molecule has 0 saturated heterocycles. The first kappa shape index (κ1) is 10.7. The van der Waals surface area contributed by atoms with E-state index in [9.17, 15) is 9.59 Å². The molecule has 0 spiro atoms. The number of nitrogens with zero attached hydrogens (tertiary/aromatic N) is 1. The molecule has 1 aromatic rings. The summed E-state index contributed by atoms with van der Waals surface area (Å²) in [6.45, 7) is 0. The van der Waals surface area contributed by atoms with Crippen LogP contribution >= 0.6 is 23.2 Å². The fraction of sp³-hybridized carbons (Fsp3) is 0. The average molecular weight is 236 g/mol. The van der Waals surface area contributed by atoms with Crippen LogP contribution in [0.2, 0.25) is 0 Å². The van der Waals surface area contributed by atoms with Crippen molar-refractivity contribution in [2.45, 2.75) is 0 Å². The third-order valence-corrected chi connectivity index (χ3v) is 1.22. The van der Waals surface area contributed by atoms with Crippen molar-refractivity contribution in [1.29, 1.82) is 0 Å². The predicted molar refractivity (Wildman–Crippen MR) is 48.0 cm³/mol. The van der Waals surface area contributed by atoms with E-state index in [2.05, 4.69) is 14.5 Å². The highest BCUT2D eigenvalue weighted by Gasteiger charge is 2.05. The van der Waals surface area contributed by atoms with E-state index >= 15 is 0 Å². The number of ether oxygens (including phenoxy) is 2. The molecule has 0 aliphatic rings. The summed E-state index contributed by atoms with van der Waals surface area (Å²) in [5.74, 6) is -0.166. The number of rotatable bonds is 2. The SMILES string of the molecule is O=C(Cl)Oc1cccc(OC(=O)Cl)n1. The molecule has 0 aliphatic heterocycles. The fourth-order valence-corrected chi connectivity index (χ4v) is 0.832. The maximum absolute atomic E-state index is 10.3. The second-order valence-electron chi connectivity index (χ2n) is 1.99. The largest absolute Gasteiger partial charge is 0.410 e. The van der Waals surface area contributed by atoms with Gasteiger partial charge in [-0.15, -0.1) is 0 Å². The predicted octanol–water partition coefficient (Wildman–Crippen LogP) is 2.56. The normalized spacial score (nSPS) is 9.29. The van der Waals surface area contributed by atoms with Gasteiger partial charge in [-0.25, -0.2) is 9.59 Å². The number of carbonyl (C=O) groups excluding carboxylic acids is 2. The highest BCUT2D eigenvalue weighted by atomic mass is 35.5. The Morgan fingerprint density at radius 2 is 1.50 bits per heavy atom. The van der Waals surface area contributed by atoms with Gasteiger partial charge in [0.15, 0.2) is 0 Å². The monoisotopic (exact) mass is 235 g/mol. The zero-order valence-corrected chi connectivity index (χ0v) is 8.08. The second kappa shape index (κ2) is 4.78. The number of hydrogen-bond donors (Lipinski definition) is 0. The molecule has 0 amide bonds. The van der Waals surface area contributed by atoms with Crippen molar-refractivity contribution in [2.75, 3.05) is 0 Å². The minimum atomic E-state index is -1.04. The van der Waals surface area contributed by atoms with Crippen LogP contribution in [0.4, 0.5) is 9.59 Å². The summed E-state index contributed by atoms with van der Waals surface area (Å²) in [5.41, 5.74) is -2.07. The van der Waals surface area contributed by atoms with Crippen LogP contribution in [0.15, 0.2) is 18.2 Å². The van der Waals surface area contributed by atoms with E-state index in [0.717, 1.165) is 0 Å². The van der Waals surface area contributed by atoms with Gasteiger partial charge in [-0.3, -0.25) is 0 Å². The lowest BCUT2D eigenvalue weighted by molar-refractivity contribution is 0.220. The summed E-state index contributed by atoms with van der Waals surface area (Å²) in [6.07, 6.45) is 0. The highest BCUT2D eigenvalue weighted by Crippen LogP contribution is 2.14. The van der Waals surface area contributed by atoms with Crippen LogP contribution in [-0.2, 0) is 0 Å². The van der Waals surface area contributed by atoms with Crippen LogP contribution in [0.25, 0.3) is 0 Å². The van der Waals surface area contributed by atoms with Crippen molar-refractivity contribution in [3.05, 3.63) is 18.2 Å². The first-order valence-corrected chi connectivity index (χ1v) is 4.05. The summed E-state index contributed by atoms with van der Waals surface area (Å²) in [5, 5.41) is 0. The van der Waals surface area contributed by atoms with Crippen LogP contribution in [0.3, 0.4) is 0 Å². The minimum absolute atomic E-state index is 0.0829. The van der Waals surface area contributed by atoms with Crippen LogP contribution in [0.1, 0.15) is 0 Å². The molecule has 74 valence electrons. The van der Waals surface area contributed by atoms with Gasteiger partial charge in [-0.2, -0.15) is 4.98 Å². The molecule has 0 fully saturated rings. The molecule has 1 heterocycles. The quantitative estimate of drug-likeness (QED) is 0.738. The lowest BCUT2D eigenvalue weighted by Crippen LogP contribution is -2.02. The van der Waals surface area contributed by atoms with Gasteiger partial charge in [0, 0.05) is 35.3 Å². The fourth-order valence-electron chi connectivity index (χ4n) is 0.674. The van der Waals surface area contributed by atoms with Crippen molar-refractivity contribution in [3.63, 3.8) is 0 Å². The van der Waals surface area contributed by atoms with Crippen molar-refractivity contribution in [3.8, 4) is 11.8 Å². The molecule has 0 radical (unpaired) electrons. The van der Waals surface area contributed by atoms with Gasteiger partial charge in [-0.05, 0) is 0 Å². The van der Waals surface area contributed by atoms with Gasteiger partial charge in [0.25, 0.3) is 0 Å². The first-order chi connectivity index (χ1) is 6.58. The average Bonchev–Trinajstić information content (AvgIpc) is 2.01. The van der Waals surface area contributed by atoms with E-state index in [1.54, 1.807) is 0 Å². The third kappa shape index (κ3) is 3.59. The summed E-state index contributed by atoms with van der Waals surface area (Å²) >= 11 is 9.87. The Labute approximate surface area is 88.5 Å². The Balaban J connectivity index is 2.78. The third-order valence-electron chi connectivity index (χ3n) is 1.07. The van der Waals surface area contributed by atoms with Crippen molar-refractivity contribution < 1.29 is 19.1 Å². The Morgan fingerprint density at radius 1 is 1.07 bits per heavy atom. The molecule has 1 aromatic heterocycles. The van der Waals surface area contributed by atoms with Gasteiger partial charge < -0.3 is 9.47 Å². The van der Waals surface area contributed by atoms with Gasteiger partial charge in [-0.1, -0.05) is 6.07 Å². The van der Waals surface area contributed by atoms with Gasteiger partial charge in [0.2, 0.25) is 11.8 Å². The molecule has 0 N–H and O–H groups in total. The number of halogens is 2. The van der Waals surface area contributed by atoms with E-state index < -0.39 is 10.9 Å². The Bertz CT molecular complexity index is 337. The van der Waals surface area contributed by atoms with E-state index in [-0.39, 0.29) is 11.8 Å². The standard InChI is InChI=1S/C7H3Cl2NO4/c8-6(11)13-4-2-1-3-5(10-4)14-7(9)12/h1-3H. The summed E-state index contributed by atoms with van der Waals surface area (Å²) in [7, 11) is 0. The second-order valence-corrected chi connectivity index (χ2v) is 2.61. The van der Waals surface area contributed by atoms with Crippen molar-refractivity contribution in [1.82, 2.24) is 4.98 Å². The van der Waals surface area contributed by atoms with Crippen LogP contribution in [-0.4, -0.2) is 15.8 Å². The van der Waals surface area contributed by atoms with E-state index in [1.165, 1.54) is 18.2 Å². The number of hydrogen-bond acceptors (Lipinski definition) is 5. The van der Waals surface area contributed by atoms with Crippen LogP contribution in [0.5, 0.6) is 11.8 Å². The lowest BCUT2D eigenvalue weighted by atomic mass is 10.5. The summed E-state index contributed by atoms with van der Waals surface area (Å²) < 4.78 is 8.83. The molecule has 0 atom stereocenters. The number of pyridine rings is 1. The van der Waals surface area contributed by atoms with Crippen LogP contribution in [0, 0.1) is 0 Å².